The summed E-state index contributed by atoms with van der Waals surface area (Å²) >= 11 is 6.14. The van der Waals surface area contributed by atoms with Crippen molar-refractivity contribution in [2.24, 2.45) is 0 Å². The van der Waals surface area contributed by atoms with Crippen LogP contribution in [0.2, 0.25) is 5.02 Å². The molecule has 0 spiro atoms. The third kappa shape index (κ3) is 4.31. The number of hydrogen-bond acceptors (Lipinski definition) is 4. The Bertz CT molecular complexity index is 930. The van der Waals surface area contributed by atoms with E-state index in [4.69, 9.17) is 16.3 Å². The monoisotopic (exact) mass is 387 g/mol. The van der Waals surface area contributed by atoms with Crippen LogP contribution in [0.25, 0.3) is 11.3 Å². The molecule has 8 heteroatoms. The normalized spacial score (nSPS) is 10.8. The van der Waals surface area contributed by atoms with Gasteiger partial charge in [-0.1, -0.05) is 11.6 Å². The number of aryl methyl sites for hydroxylation is 2. The van der Waals surface area contributed by atoms with Crippen molar-refractivity contribution >= 4 is 17.5 Å². The number of ether oxygens (including phenoxy) is 1. The van der Waals surface area contributed by atoms with Crippen LogP contribution in [0.4, 0.5) is 0 Å². The van der Waals surface area contributed by atoms with Gasteiger partial charge in [0.05, 0.1) is 29.2 Å². The van der Waals surface area contributed by atoms with Gasteiger partial charge in [-0.3, -0.25) is 14.6 Å². The summed E-state index contributed by atoms with van der Waals surface area (Å²) in [5.74, 6) is 0.588. The zero-order valence-electron chi connectivity index (χ0n) is 15.5. The summed E-state index contributed by atoms with van der Waals surface area (Å²) in [5, 5.41) is 15.0. The average molecular weight is 388 g/mol. The van der Waals surface area contributed by atoms with Crippen LogP contribution in [0.3, 0.4) is 0 Å². The van der Waals surface area contributed by atoms with E-state index in [0.29, 0.717) is 29.5 Å². The molecule has 142 valence electrons. The van der Waals surface area contributed by atoms with Crippen LogP contribution >= 0.6 is 11.6 Å². The Balaban J connectivity index is 1.52. The molecule has 1 aromatic carbocycles. The minimum Gasteiger partial charge on any atom is -0.497 e. The number of rotatable bonds is 7. The number of carbonyl (C=O) groups excluding carboxylic acids is 1. The molecule has 2 aromatic heterocycles. The van der Waals surface area contributed by atoms with Gasteiger partial charge in [-0.05, 0) is 50.6 Å². The largest absolute Gasteiger partial charge is 0.497 e. The summed E-state index contributed by atoms with van der Waals surface area (Å²) in [5.41, 5.74) is 3.81. The zero-order valence-corrected chi connectivity index (χ0v) is 16.3. The van der Waals surface area contributed by atoms with Gasteiger partial charge in [0, 0.05) is 18.7 Å². The van der Waals surface area contributed by atoms with Crippen LogP contribution < -0.4 is 10.1 Å². The van der Waals surface area contributed by atoms with Gasteiger partial charge in [0.1, 0.15) is 11.4 Å². The van der Waals surface area contributed by atoms with E-state index in [1.807, 2.05) is 42.8 Å². The van der Waals surface area contributed by atoms with Crippen LogP contribution in [0.5, 0.6) is 5.75 Å². The number of benzene rings is 1. The van der Waals surface area contributed by atoms with E-state index >= 15 is 0 Å². The Hall–Kier alpha value is -2.80. The Labute approximate surface area is 162 Å². The third-order valence-corrected chi connectivity index (χ3v) is 4.88. The van der Waals surface area contributed by atoms with E-state index in [1.165, 1.54) is 0 Å². The van der Waals surface area contributed by atoms with Gasteiger partial charge < -0.3 is 10.1 Å². The van der Waals surface area contributed by atoms with E-state index in [1.54, 1.807) is 13.2 Å². The van der Waals surface area contributed by atoms with Crippen molar-refractivity contribution in [1.29, 1.82) is 0 Å². The van der Waals surface area contributed by atoms with Gasteiger partial charge in [-0.15, -0.1) is 0 Å². The highest BCUT2D eigenvalue weighted by molar-refractivity contribution is 6.31. The first-order valence-corrected chi connectivity index (χ1v) is 9.05. The van der Waals surface area contributed by atoms with Gasteiger partial charge in [0.25, 0.3) is 5.91 Å². The molecule has 0 saturated heterocycles. The summed E-state index contributed by atoms with van der Waals surface area (Å²) in [6, 6.07) is 9.24. The lowest BCUT2D eigenvalue weighted by molar-refractivity contribution is 0.0947. The minimum absolute atomic E-state index is 0.186. The molecule has 0 saturated carbocycles. The number of carbonyl (C=O) groups is 1. The molecule has 0 aliphatic heterocycles. The lowest BCUT2D eigenvalue weighted by Gasteiger charge is -2.05. The molecule has 0 aliphatic carbocycles. The second-order valence-electron chi connectivity index (χ2n) is 6.21. The van der Waals surface area contributed by atoms with E-state index in [0.717, 1.165) is 29.1 Å². The summed E-state index contributed by atoms with van der Waals surface area (Å²) < 4.78 is 7.01. The number of nitrogens with one attached hydrogen (secondary N) is 2. The molecule has 0 unspecified atom stereocenters. The van der Waals surface area contributed by atoms with Gasteiger partial charge in [-0.25, -0.2) is 0 Å². The molecule has 1 amide bonds. The van der Waals surface area contributed by atoms with Crippen molar-refractivity contribution in [2.75, 3.05) is 13.7 Å². The summed E-state index contributed by atoms with van der Waals surface area (Å²) in [4.78, 5) is 12.3. The molecule has 2 N–H and O–H groups in total. The minimum atomic E-state index is -0.186. The van der Waals surface area contributed by atoms with Crippen LogP contribution in [0.1, 0.15) is 28.3 Å². The highest BCUT2D eigenvalue weighted by Crippen LogP contribution is 2.21. The molecule has 7 nitrogen and oxygen atoms in total. The molecular formula is C19H22ClN5O2. The van der Waals surface area contributed by atoms with E-state index < -0.39 is 0 Å². The van der Waals surface area contributed by atoms with E-state index in [-0.39, 0.29) is 5.91 Å². The fourth-order valence-corrected chi connectivity index (χ4v) is 2.90. The van der Waals surface area contributed by atoms with Crippen LogP contribution in [-0.4, -0.2) is 39.5 Å². The maximum atomic E-state index is 12.3. The lowest BCUT2D eigenvalue weighted by atomic mass is 10.1. The third-order valence-electron chi connectivity index (χ3n) is 4.33. The molecule has 0 radical (unpaired) electrons. The quantitative estimate of drug-likeness (QED) is 0.608. The second kappa shape index (κ2) is 8.26. The Morgan fingerprint density at radius 2 is 2.04 bits per heavy atom. The maximum absolute atomic E-state index is 12.3. The molecule has 3 rings (SSSR count). The van der Waals surface area contributed by atoms with Gasteiger partial charge in [-0.2, -0.15) is 10.2 Å². The lowest BCUT2D eigenvalue weighted by Crippen LogP contribution is -2.25. The first kappa shape index (κ1) is 19.0. The smallest absolute Gasteiger partial charge is 0.269 e. The molecule has 0 aliphatic rings. The van der Waals surface area contributed by atoms with E-state index in [2.05, 4.69) is 20.6 Å². The van der Waals surface area contributed by atoms with Gasteiger partial charge in [0.15, 0.2) is 0 Å². The number of H-pyrrole nitrogens is 1. The van der Waals surface area contributed by atoms with Crippen molar-refractivity contribution < 1.29 is 9.53 Å². The number of aromatic amines is 1. The number of halogens is 1. The SMILES string of the molecule is COc1ccc(-c2cc(C(=O)NCCCn3nc(C)c(Cl)c3C)[nH]n2)cc1. The zero-order chi connectivity index (χ0) is 19.4. The Morgan fingerprint density at radius 3 is 2.67 bits per heavy atom. The second-order valence-corrected chi connectivity index (χ2v) is 6.59. The number of methoxy groups -OCH3 is 1. The standard InChI is InChI=1S/C19H22ClN5O2/c1-12-18(20)13(2)25(24-12)10-4-9-21-19(26)17-11-16(22-23-17)14-5-7-15(27-3)8-6-14/h5-8,11H,4,9-10H2,1-3H3,(H,21,26)(H,22,23). The highest BCUT2D eigenvalue weighted by atomic mass is 35.5. The Morgan fingerprint density at radius 1 is 1.30 bits per heavy atom. The number of nitrogens with zero attached hydrogens (tertiary/aromatic N) is 3. The van der Waals surface area contributed by atoms with Crippen molar-refractivity contribution in [1.82, 2.24) is 25.3 Å². The molecule has 2 heterocycles. The average Bonchev–Trinajstić information content (AvgIpc) is 3.27. The highest BCUT2D eigenvalue weighted by Gasteiger charge is 2.12. The van der Waals surface area contributed by atoms with Crippen molar-refractivity contribution in [2.45, 2.75) is 26.8 Å². The van der Waals surface area contributed by atoms with Crippen LogP contribution in [-0.2, 0) is 6.54 Å². The van der Waals surface area contributed by atoms with E-state index in [9.17, 15) is 4.79 Å². The predicted octanol–water partition coefficient (Wildman–Crippen LogP) is 3.37. The first-order chi connectivity index (χ1) is 13.0. The summed E-state index contributed by atoms with van der Waals surface area (Å²) in [6.07, 6.45) is 0.753. The molecular weight excluding hydrogens is 366 g/mol. The maximum Gasteiger partial charge on any atom is 0.269 e. The number of aromatic nitrogens is 4. The molecule has 0 fully saturated rings. The molecule has 27 heavy (non-hydrogen) atoms. The van der Waals surface area contributed by atoms with Crippen LogP contribution in [0.15, 0.2) is 30.3 Å². The molecule has 3 aromatic rings. The Kier molecular flexibility index (Phi) is 5.81. The van der Waals surface area contributed by atoms with Gasteiger partial charge >= 0.3 is 0 Å². The number of amides is 1. The molecule has 0 bridgehead atoms. The van der Waals surface area contributed by atoms with Crippen molar-refractivity contribution in [3.8, 4) is 17.0 Å². The van der Waals surface area contributed by atoms with Crippen molar-refractivity contribution in [3.63, 3.8) is 0 Å². The first-order valence-electron chi connectivity index (χ1n) is 8.67. The topological polar surface area (TPSA) is 84.8 Å². The van der Waals surface area contributed by atoms with Crippen LogP contribution in [0, 0.1) is 13.8 Å². The van der Waals surface area contributed by atoms with Crippen molar-refractivity contribution in [3.05, 3.63) is 52.4 Å². The summed E-state index contributed by atoms with van der Waals surface area (Å²) in [7, 11) is 1.62. The summed E-state index contributed by atoms with van der Waals surface area (Å²) in [6.45, 7) is 5.05. The molecule has 0 atom stereocenters. The van der Waals surface area contributed by atoms with Gasteiger partial charge in [0.2, 0.25) is 0 Å². The fraction of sp³-hybridized carbons (Fsp3) is 0.316. The number of hydrogen-bond donors (Lipinski definition) is 2. The fourth-order valence-electron chi connectivity index (χ4n) is 2.77. The predicted molar refractivity (Wildman–Crippen MR) is 104 cm³/mol.